The van der Waals surface area contributed by atoms with Crippen molar-refractivity contribution >= 4 is 23.0 Å². The van der Waals surface area contributed by atoms with E-state index in [0.29, 0.717) is 5.75 Å². The summed E-state index contributed by atoms with van der Waals surface area (Å²) < 4.78 is 14.5. The minimum Gasteiger partial charge on any atom is -0.497 e. The predicted molar refractivity (Wildman–Crippen MR) is 79.9 cm³/mol. The molecule has 0 aliphatic carbocycles. The minimum absolute atomic E-state index is 0.273. The fraction of sp³-hybridized carbons (Fsp3) is 0.333. The van der Waals surface area contributed by atoms with E-state index in [1.165, 1.54) is 14.2 Å². The van der Waals surface area contributed by atoms with Crippen LogP contribution < -0.4 is 10.1 Å². The Morgan fingerprint density at radius 3 is 2.64 bits per heavy atom. The molecule has 0 aliphatic rings. The van der Waals surface area contributed by atoms with Gasteiger partial charge >= 0.3 is 12.1 Å². The lowest BCUT2D eigenvalue weighted by Crippen LogP contribution is -2.42. The maximum Gasteiger partial charge on any atom is 0.407 e. The van der Waals surface area contributed by atoms with Gasteiger partial charge < -0.3 is 24.5 Å². The first-order valence-electron chi connectivity index (χ1n) is 6.65. The average molecular weight is 306 g/mol. The van der Waals surface area contributed by atoms with E-state index < -0.39 is 18.1 Å². The second kappa shape index (κ2) is 6.84. The van der Waals surface area contributed by atoms with Gasteiger partial charge in [0.25, 0.3) is 0 Å². The van der Waals surface area contributed by atoms with Crippen LogP contribution in [0.2, 0.25) is 0 Å². The van der Waals surface area contributed by atoms with Gasteiger partial charge in [0.2, 0.25) is 0 Å². The molecule has 0 fully saturated rings. The second-order valence-electron chi connectivity index (χ2n) is 4.64. The number of fused-ring (bicyclic) bond motifs is 1. The van der Waals surface area contributed by atoms with Gasteiger partial charge in [-0.25, -0.2) is 9.59 Å². The standard InChI is InChI=1S/C15H18N2O5/c1-20-10-4-5-12-11(7-10)9(8-16-12)6-13(14(18)21-2)17-15(19)22-3/h4-5,7-8,13,16H,6H2,1-3H3,(H,17,19)/t13-/m0/s1. The predicted octanol–water partition coefficient (Wildman–Crippen LogP) is 1.62. The van der Waals surface area contributed by atoms with Crippen molar-refractivity contribution in [2.75, 3.05) is 21.3 Å². The summed E-state index contributed by atoms with van der Waals surface area (Å²) in [6.07, 6.45) is 1.38. The van der Waals surface area contributed by atoms with Crippen LogP contribution in [0.15, 0.2) is 24.4 Å². The van der Waals surface area contributed by atoms with E-state index in [-0.39, 0.29) is 6.42 Å². The van der Waals surface area contributed by atoms with Gasteiger partial charge in [-0.2, -0.15) is 0 Å². The molecule has 0 bridgehead atoms. The number of nitrogens with one attached hydrogen (secondary N) is 2. The SMILES string of the molecule is COC(=O)N[C@@H](Cc1c[nH]c2ccc(OC)cc12)C(=O)OC. The number of amides is 1. The number of benzene rings is 1. The van der Waals surface area contributed by atoms with Gasteiger partial charge in [-0.1, -0.05) is 0 Å². The van der Waals surface area contributed by atoms with Gasteiger partial charge in [-0.15, -0.1) is 0 Å². The molecule has 2 aromatic rings. The summed E-state index contributed by atoms with van der Waals surface area (Å²) in [5, 5.41) is 3.38. The molecule has 2 rings (SSSR count). The van der Waals surface area contributed by atoms with E-state index in [1.54, 1.807) is 13.3 Å². The van der Waals surface area contributed by atoms with E-state index in [4.69, 9.17) is 9.47 Å². The van der Waals surface area contributed by atoms with Gasteiger partial charge in [-0.05, 0) is 23.8 Å². The number of aromatic amines is 1. The summed E-state index contributed by atoms with van der Waals surface area (Å²) >= 11 is 0. The molecular formula is C15H18N2O5. The number of rotatable bonds is 5. The third-order valence-corrected chi connectivity index (χ3v) is 3.36. The number of ether oxygens (including phenoxy) is 3. The Morgan fingerprint density at radius 1 is 1.23 bits per heavy atom. The number of methoxy groups -OCH3 is 3. The van der Waals surface area contributed by atoms with Gasteiger partial charge in [0.05, 0.1) is 21.3 Å². The largest absolute Gasteiger partial charge is 0.497 e. The fourth-order valence-electron chi connectivity index (χ4n) is 2.21. The van der Waals surface area contributed by atoms with Crippen LogP contribution in [-0.2, 0) is 20.7 Å². The topological polar surface area (TPSA) is 89.6 Å². The van der Waals surface area contributed by atoms with E-state index in [0.717, 1.165) is 16.5 Å². The van der Waals surface area contributed by atoms with Crippen molar-refractivity contribution in [1.29, 1.82) is 0 Å². The average Bonchev–Trinajstić information content (AvgIpc) is 2.95. The fourth-order valence-corrected chi connectivity index (χ4v) is 2.21. The molecule has 22 heavy (non-hydrogen) atoms. The first-order valence-corrected chi connectivity index (χ1v) is 6.65. The molecule has 0 unspecified atom stereocenters. The van der Waals surface area contributed by atoms with Crippen LogP contribution in [0.25, 0.3) is 10.9 Å². The molecule has 118 valence electrons. The van der Waals surface area contributed by atoms with Gasteiger partial charge in [0, 0.05) is 23.5 Å². The number of esters is 1. The van der Waals surface area contributed by atoms with Crippen LogP contribution in [-0.4, -0.2) is 44.4 Å². The zero-order valence-electron chi connectivity index (χ0n) is 12.6. The van der Waals surface area contributed by atoms with Crippen molar-refractivity contribution in [3.63, 3.8) is 0 Å². The Bertz CT molecular complexity index is 680. The maximum absolute atomic E-state index is 11.8. The summed E-state index contributed by atoms with van der Waals surface area (Å²) in [7, 11) is 4.09. The summed E-state index contributed by atoms with van der Waals surface area (Å²) in [5.74, 6) is 0.173. The molecule has 1 heterocycles. The number of hydrogen-bond donors (Lipinski definition) is 2. The molecule has 1 aromatic carbocycles. The van der Waals surface area contributed by atoms with E-state index in [1.807, 2.05) is 18.2 Å². The molecule has 2 N–H and O–H groups in total. The van der Waals surface area contributed by atoms with Crippen molar-refractivity contribution < 1.29 is 23.8 Å². The molecule has 1 aromatic heterocycles. The van der Waals surface area contributed by atoms with E-state index >= 15 is 0 Å². The van der Waals surface area contributed by atoms with Gasteiger partial charge in [0.15, 0.2) is 0 Å². The van der Waals surface area contributed by atoms with Crippen LogP contribution in [0.5, 0.6) is 5.75 Å². The molecule has 0 saturated heterocycles. The van der Waals surface area contributed by atoms with Crippen molar-refractivity contribution in [3.8, 4) is 5.75 Å². The van der Waals surface area contributed by atoms with Crippen LogP contribution in [0.3, 0.4) is 0 Å². The van der Waals surface area contributed by atoms with Crippen molar-refractivity contribution in [1.82, 2.24) is 10.3 Å². The Balaban J connectivity index is 2.29. The first kappa shape index (κ1) is 15.7. The summed E-state index contributed by atoms with van der Waals surface area (Å²) in [5.41, 5.74) is 1.78. The third kappa shape index (κ3) is 3.30. The molecule has 7 nitrogen and oxygen atoms in total. The van der Waals surface area contributed by atoms with Crippen LogP contribution >= 0.6 is 0 Å². The number of H-pyrrole nitrogens is 1. The monoisotopic (exact) mass is 306 g/mol. The van der Waals surface area contributed by atoms with Crippen molar-refractivity contribution in [2.24, 2.45) is 0 Å². The third-order valence-electron chi connectivity index (χ3n) is 3.36. The van der Waals surface area contributed by atoms with Crippen molar-refractivity contribution in [3.05, 3.63) is 30.0 Å². The summed E-state index contributed by atoms with van der Waals surface area (Å²) in [4.78, 5) is 26.3. The number of carbonyl (C=O) groups excluding carboxylic acids is 2. The molecular weight excluding hydrogens is 288 g/mol. The molecule has 0 spiro atoms. The Labute approximate surface area is 127 Å². The van der Waals surface area contributed by atoms with E-state index in [2.05, 4.69) is 15.0 Å². The lowest BCUT2D eigenvalue weighted by molar-refractivity contribution is -0.142. The lowest BCUT2D eigenvalue weighted by Gasteiger charge is -2.15. The highest BCUT2D eigenvalue weighted by Gasteiger charge is 2.23. The summed E-state index contributed by atoms with van der Waals surface area (Å²) in [6.45, 7) is 0. The van der Waals surface area contributed by atoms with Gasteiger partial charge in [-0.3, -0.25) is 0 Å². The zero-order chi connectivity index (χ0) is 16.1. The second-order valence-corrected chi connectivity index (χ2v) is 4.64. The van der Waals surface area contributed by atoms with E-state index in [9.17, 15) is 9.59 Å². The highest BCUT2D eigenvalue weighted by molar-refractivity contribution is 5.87. The van der Waals surface area contributed by atoms with Crippen LogP contribution in [0, 0.1) is 0 Å². The first-order chi connectivity index (χ1) is 10.6. The quantitative estimate of drug-likeness (QED) is 0.819. The van der Waals surface area contributed by atoms with Crippen molar-refractivity contribution in [2.45, 2.75) is 12.5 Å². The molecule has 0 radical (unpaired) electrons. The van der Waals surface area contributed by atoms with Gasteiger partial charge in [0.1, 0.15) is 11.8 Å². The Kier molecular flexibility index (Phi) is 4.88. The number of carbonyl (C=O) groups is 2. The maximum atomic E-state index is 11.8. The zero-order valence-corrected chi connectivity index (χ0v) is 12.6. The summed E-state index contributed by atoms with van der Waals surface area (Å²) in [6, 6.07) is 4.77. The molecule has 7 heteroatoms. The lowest BCUT2D eigenvalue weighted by atomic mass is 10.0. The minimum atomic E-state index is -0.831. The molecule has 0 saturated carbocycles. The van der Waals surface area contributed by atoms with Crippen LogP contribution in [0.1, 0.15) is 5.56 Å². The normalized spacial score (nSPS) is 11.8. The van der Waals surface area contributed by atoms with Crippen LogP contribution in [0.4, 0.5) is 4.79 Å². The molecule has 1 atom stereocenters. The Morgan fingerprint density at radius 2 is 2.00 bits per heavy atom. The smallest absolute Gasteiger partial charge is 0.407 e. The highest BCUT2D eigenvalue weighted by Crippen LogP contribution is 2.24. The number of aromatic nitrogens is 1. The number of hydrogen-bond acceptors (Lipinski definition) is 5. The molecule has 0 aliphatic heterocycles. The molecule has 1 amide bonds. The number of alkyl carbamates (subject to hydrolysis) is 1. The highest BCUT2D eigenvalue weighted by atomic mass is 16.5. The Hall–Kier alpha value is -2.70.